The molecule has 1 saturated heterocycles. The molecule has 1 heterocycles. The quantitative estimate of drug-likeness (QED) is 0.873. The molecule has 2 unspecified atom stereocenters. The topological polar surface area (TPSA) is 38.7 Å². The summed E-state index contributed by atoms with van der Waals surface area (Å²) in [6.07, 6.45) is 2.24. The van der Waals surface area contributed by atoms with Gasteiger partial charge in [-0.25, -0.2) is 0 Å². The van der Waals surface area contributed by atoms with Crippen molar-refractivity contribution in [2.45, 2.75) is 38.4 Å². The highest BCUT2D eigenvalue weighted by atomic mass is 16.5. The van der Waals surface area contributed by atoms with Crippen LogP contribution in [0.15, 0.2) is 24.3 Å². The third-order valence-corrected chi connectivity index (χ3v) is 2.98. The minimum Gasteiger partial charge on any atom is -0.494 e. The molecule has 1 N–H and O–H groups in total. The molecule has 0 amide bonds. The smallest absolute Gasteiger partial charge is 0.119 e. The zero-order valence-electron chi connectivity index (χ0n) is 10.3. The third-order valence-electron chi connectivity index (χ3n) is 2.98. The second-order valence-electron chi connectivity index (χ2n) is 4.46. The van der Waals surface area contributed by atoms with Crippen LogP contribution in [0.4, 0.5) is 0 Å². The van der Waals surface area contributed by atoms with Crippen LogP contribution in [0.2, 0.25) is 0 Å². The SMILES string of the molecule is CCCOc1ccc(C2CC(O)CCO2)cc1. The number of aliphatic hydroxyl groups excluding tert-OH is 1. The van der Waals surface area contributed by atoms with Gasteiger partial charge in [0.2, 0.25) is 0 Å². The van der Waals surface area contributed by atoms with Gasteiger partial charge in [0.25, 0.3) is 0 Å². The van der Waals surface area contributed by atoms with E-state index in [0.29, 0.717) is 13.0 Å². The Morgan fingerprint density at radius 3 is 2.76 bits per heavy atom. The lowest BCUT2D eigenvalue weighted by Crippen LogP contribution is -2.23. The molecule has 0 aromatic heterocycles. The largest absolute Gasteiger partial charge is 0.494 e. The van der Waals surface area contributed by atoms with Gasteiger partial charge in [0.15, 0.2) is 0 Å². The van der Waals surface area contributed by atoms with Crippen LogP contribution >= 0.6 is 0 Å². The maximum Gasteiger partial charge on any atom is 0.119 e. The van der Waals surface area contributed by atoms with Crippen molar-refractivity contribution in [2.24, 2.45) is 0 Å². The fourth-order valence-corrected chi connectivity index (χ4v) is 2.01. The normalized spacial score (nSPS) is 24.6. The summed E-state index contributed by atoms with van der Waals surface area (Å²) in [7, 11) is 0. The Morgan fingerprint density at radius 2 is 2.12 bits per heavy atom. The molecular formula is C14H20O3. The van der Waals surface area contributed by atoms with E-state index in [-0.39, 0.29) is 12.2 Å². The van der Waals surface area contributed by atoms with Crippen molar-refractivity contribution >= 4 is 0 Å². The molecule has 3 heteroatoms. The lowest BCUT2D eigenvalue weighted by molar-refractivity contribution is -0.0448. The van der Waals surface area contributed by atoms with Crippen molar-refractivity contribution in [1.82, 2.24) is 0 Å². The summed E-state index contributed by atoms with van der Waals surface area (Å²) in [5.74, 6) is 0.895. The van der Waals surface area contributed by atoms with E-state index in [1.165, 1.54) is 0 Å². The van der Waals surface area contributed by atoms with Crippen molar-refractivity contribution in [3.63, 3.8) is 0 Å². The molecule has 17 heavy (non-hydrogen) atoms. The Kier molecular flexibility index (Phi) is 4.40. The van der Waals surface area contributed by atoms with Crippen molar-refractivity contribution in [3.8, 4) is 5.75 Å². The van der Waals surface area contributed by atoms with Gasteiger partial charge in [0.05, 0.1) is 18.8 Å². The number of aliphatic hydroxyl groups is 1. The van der Waals surface area contributed by atoms with Gasteiger partial charge in [-0.3, -0.25) is 0 Å². The molecule has 2 atom stereocenters. The fraction of sp³-hybridized carbons (Fsp3) is 0.571. The first-order valence-corrected chi connectivity index (χ1v) is 6.32. The van der Waals surface area contributed by atoms with Crippen LogP contribution in [0.5, 0.6) is 5.75 Å². The standard InChI is InChI=1S/C14H20O3/c1-2-8-16-13-5-3-11(4-6-13)14-10-12(15)7-9-17-14/h3-6,12,14-15H,2,7-10H2,1H3. The maximum atomic E-state index is 9.61. The minimum absolute atomic E-state index is 0.0268. The van der Waals surface area contributed by atoms with Gasteiger partial charge in [-0.15, -0.1) is 0 Å². The summed E-state index contributed by atoms with van der Waals surface area (Å²) in [4.78, 5) is 0. The summed E-state index contributed by atoms with van der Waals surface area (Å²) < 4.78 is 11.2. The van der Waals surface area contributed by atoms with Gasteiger partial charge in [-0.05, 0) is 30.5 Å². The first kappa shape index (κ1) is 12.4. The molecule has 1 aromatic rings. The third kappa shape index (κ3) is 3.45. The van der Waals surface area contributed by atoms with Gasteiger partial charge in [0.1, 0.15) is 5.75 Å². The Bertz CT molecular complexity index is 334. The van der Waals surface area contributed by atoms with Gasteiger partial charge < -0.3 is 14.6 Å². The van der Waals surface area contributed by atoms with Gasteiger partial charge in [-0.2, -0.15) is 0 Å². The molecule has 0 aliphatic carbocycles. The van der Waals surface area contributed by atoms with Crippen LogP contribution in [-0.2, 0) is 4.74 Å². The van der Waals surface area contributed by atoms with Crippen molar-refractivity contribution in [1.29, 1.82) is 0 Å². The van der Waals surface area contributed by atoms with Gasteiger partial charge in [-0.1, -0.05) is 19.1 Å². The van der Waals surface area contributed by atoms with Gasteiger partial charge >= 0.3 is 0 Å². The number of ether oxygens (including phenoxy) is 2. The highest BCUT2D eigenvalue weighted by molar-refractivity contribution is 5.28. The van der Waals surface area contributed by atoms with Crippen LogP contribution in [0, 0.1) is 0 Å². The van der Waals surface area contributed by atoms with E-state index in [2.05, 4.69) is 6.92 Å². The molecular weight excluding hydrogens is 216 g/mol. The molecule has 0 radical (unpaired) electrons. The molecule has 0 bridgehead atoms. The summed E-state index contributed by atoms with van der Waals surface area (Å²) in [6, 6.07) is 7.98. The number of rotatable bonds is 4. The molecule has 1 aliphatic heterocycles. The number of hydrogen-bond acceptors (Lipinski definition) is 3. The van der Waals surface area contributed by atoms with E-state index in [1.54, 1.807) is 0 Å². The average Bonchev–Trinajstić information content (AvgIpc) is 2.37. The zero-order valence-corrected chi connectivity index (χ0v) is 10.3. The minimum atomic E-state index is -0.232. The second kappa shape index (κ2) is 6.03. The molecule has 3 nitrogen and oxygen atoms in total. The summed E-state index contributed by atoms with van der Waals surface area (Å²) >= 11 is 0. The molecule has 2 rings (SSSR count). The molecule has 0 spiro atoms. The molecule has 0 saturated carbocycles. The summed E-state index contributed by atoms with van der Waals surface area (Å²) in [6.45, 7) is 3.48. The Morgan fingerprint density at radius 1 is 1.35 bits per heavy atom. The average molecular weight is 236 g/mol. The molecule has 1 fully saturated rings. The Labute approximate surface area is 102 Å². The maximum absolute atomic E-state index is 9.61. The zero-order chi connectivity index (χ0) is 12.1. The predicted molar refractivity (Wildman–Crippen MR) is 66.2 cm³/mol. The predicted octanol–water partition coefficient (Wildman–Crippen LogP) is 2.69. The van der Waals surface area contributed by atoms with Crippen molar-refractivity contribution < 1.29 is 14.6 Å². The Hall–Kier alpha value is -1.06. The molecule has 1 aromatic carbocycles. The lowest BCUT2D eigenvalue weighted by Gasteiger charge is -2.26. The van der Waals surface area contributed by atoms with Crippen molar-refractivity contribution in [2.75, 3.05) is 13.2 Å². The van der Waals surface area contributed by atoms with Crippen molar-refractivity contribution in [3.05, 3.63) is 29.8 Å². The first-order chi connectivity index (χ1) is 8.29. The second-order valence-corrected chi connectivity index (χ2v) is 4.46. The molecule has 1 aliphatic rings. The van der Waals surface area contributed by atoms with Crippen LogP contribution in [-0.4, -0.2) is 24.4 Å². The van der Waals surface area contributed by atoms with E-state index < -0.39 is 0 Å². The number of hydrogen-bond donors (Lipinski definition) is 1. The highest BCUT2D eigenvalue weighted by Gasteiger charge is 2.21. The van der Waals surface area contributed by atoms with E-state index in [1.807, 2.05) is 24.3 Å². The Balaban J connectivity index is 1.96. The van der Waals surface area contributed by atoms with Crippen LogP contribution in [0.3, 0.4) is 0 Å². The van der Waals surface area contributed by atoms with E-state index in [0.717, 1.165) is 30.8 Å². The lowest BCUT2D eigenvalue weighted by atomic mass is 9.99. The fourth-order valence-electron chi connectivity index (χ4n) is 2.01. The molecule has 94 valence electrons. The summed E-state index contributed by atoms with van der Waals surface area (Å²) in [5.41, 5.74) is 1.12. The highest BCUT2D eigenvalue weighted by Crippen LogP contribution is 2.29. The van der Waals surface area contributed by atoms with E-state index in [9.17, 15) is 5.11 Å². The van der Waals surface area contributed by atoms with E-state index in [4.69, 9.17) is 9.47 Å². The van der Waals surface area contributed by atoms with Crippen LogP contribution in [0.1, 0.15) is 37.9 Å². The van der Waals surface area contributed by atoms with Crippen LogP contribution in [0.25, 0.3) is 0 Å². The van der Waals surface area contributed by atoms with Crippen LogP contribution < -0.4 is 4.74 Å². The number of benzene rings is 1. The monoisotopic (exact) mass is 236 g/mol. The van der Waals surface area contributed by atoms with Gasteiger partial charge in [0, 0.05) is 13.0 Å². The summed E-state index contributed by atoms with van der Waals surface area (Å²) in [5, 5.41) is 9.61. The van der Waals surface area contributed by atoms with E-state index >= 15 is 0 Å². The first-order valence-electron chi connectivity index (χ1n) is 6.32.